The Hall–Kier alpha value is -1.59. The number of carbonyl (C=O) groups excluding carboxylic acids is 3. The molecule has 182 valence electrons. The zero-order chi connectivity index (χ0) is 24.9. The van der Waals surface area contributed by atoms with Crippen molar-refractivity contribution in [3.05, 3.63) is 0 Å². The molecule has 0 saturated carbocycles. The third kappa shape index (κ3) is 12.8. The number of amides is 3. The largest absolute Gasteiger partial charge is 0.352 e. The molecule has 0 aliphatic heterocycles. The first kappa shape index (κ1) is 29.4. The first-order valence-corrected chi connectivity index (χ1v) is 11.5. The van der Waals surface area contributed by atoms with E-state index in [2.05, 4.69) is 36.7 Å². The van der Waals surface area contributed by atoms with E-state index in [4.69, 9.17) is 0 Å². The van der Waals surface area contributed by atoms with Crippen LogP contribution in [0.1, 0.15) is 115 Å². The van der Waals surface area contributed by atoms with E-state index < -0.39 is 5.41 Å². The summed E-state index contributed by atoms with van der Waals surface area (Å²) in [6.07, 6.45) is 1.99. The van der Waals surface area contributed by atoms with Crippen LogP contribution in [-0.4, -0.2) is 34.3 Å². The van der Waals surface area contributed by atoms with E-state index in [9.17, 15) is 14.4 Å². The van der Waals surface area contributed by atoms with Gasteiger partial charge < -0.3 is 16.0 Å². The minimum absolute atomic E-state index is 0.0310. The Morgan fingerprint density at radius 3 is 1.06 bits per heavy atom. The Kier molecular flexibility index (Phi) is 9.82. The van der Waals surface area contributed by atoms with Crippen LogP contribution in [0.2, 0.25) is 0 Å². The molecule has 0 spiro atoms. The fourth-order valence-electron chi connectivity index (χ4n) is 3.75. The van der Waals surface area contributed by atoms with Gasteiger partial charge in [-0.05, 0) is 86.0 Å². The van der Waals surface area contributed by atoms with E-state index in [-0.39, 0.29) is 46.2 Å². The summed E-state index contributed by atoms with van der Waals surface area (Å²) < 4.78 is 0. The van der Waals surface area contributed by atoms with Gasteiger partial charge in [-0.2, -0.15) is 0 Å². The lowest BCUT2D eigenvalue weighted by molar-refractivity contribution is -0.131. The standard InChI is InChI=1S/C25H49N3O3/c1-21(2,3)25(17-20(31)28-24(10,11)12,15-13-18(29)26-22(4,5)6)16-14-19(30)27-23(7,8)9/h13-17H2,1-12H3,(H,26,29)(H,27,30)(H,28,31). The molecule has 0 fully saturated rings. The highest BCUT2D eigenvalue weighted by atomic mass is 16.2. The van der Waals surface area contributed by atoms with E-state index in [1.165, 1.54) is 0 Å². The number of hydrogen-bond acceptors (Lipinski definition) is 3. The Labute approximate surface area is 191 Å². The van der Waals surface area contributed by atoms with Crippen LogP contribution in [-0.2, 0) is 14.4 Å². The highest BCUT2D eigenvalue weighted by molar-refractivity contribution is 5.79. The summed E-state index contributed by atoms with van der Waals surface area (Å²) in [6.45, 7) is 23.9. The van der Waals surface area contributed by atoms with Crippen LogP contribution < -0.4 is 16.0 Å². The Bertz CT molecular complexity index is 594. The molecule has 0 bridgehead atoms. The fraction of sp³-hybridized carbons (Fsp3) is 0.880. The van der Waals surface area contributed by atoms with E-state index in [1.807, 2.05) is 62.3 Å². The first-order chi connectivity index (χ1) is 13.6. The van der Waals surface area contributed by atoms with Crippen molar-refractivity contribution in [2.75, 3.05) is 0 Å². The predicted octanol–water partition coefficient (Wildman–Crippen LogP) is 4.71. The number of nitrogens with one attached hydrogen (secondary N) is 3. The van der Waals surface area contributed by atoms with E-state index in [0.29, 0.717) is 25.7 Å². The van der Waals surface area contributed by atoms with Crippen molar-refractivity contribution in [1.82, 2.24) is 16.0 Å². The summed E-state index contributed by atoms with van der Waals surface area (Å²) >= 11 is 0. The lowest BCUT2D eigenvalue weighted by atomic mass is 9.59. The smallest absolute Gasteiger partial charge is 0.220 e. The van der Waals surface area contributed by atoms with E-state index in [1.54, 1.807) is 0 Å². The van der Waals surface area contributed by atoms with Gasteiger partial charge in [-0.3, -0.25) is 14.4 Å². The van der Waals surface area contributed by atoms with Crippen molar-refractivity contribution >= 4 is 17.7 Å². The Morgan fingerprint density at radius 1 is 0.516 bits per heavy atom. The summed E-state index contributed by atoms with van der Waals surface area (Å²) in [6, 6.07) is 0. The van der Waals surface area contributed by atoms with Gasteiger partial charge >= 0.3 is 0 Å². The summed E-state index contributed by atoms with van der Waals surface area (Å²) in [4.78, 5) is 38.1. The average Bonchev–Trinajstić information content (AvgIpc) is 2.43. The average molecular weight is 440 g/mol. The van der Waals surface area contributed by atoms with E-state index in [0.717, 1.165) is 0 Å². The quantitative estimate of drug-likeness (QED) is 0.512. The minimum Gasteiger partial charge on any atom is -0.352 e. The monoisotopic (exact) mass is 439 g/mol. The van der Waals surface area contributed by atoms with Crippen LogP contribution in [0.25, 0.3) is 0 Å². The van der Waals surface area contributed by atoms with Gasteiger partial charge in [0.15, 0.2) is 0 Å². The second-order valence-corrected chi connectivity index (χ2v) is 13.1. The molecule has 6 heteroatoms. The van der Waals surface area contributed by atoms with Crippen molar-refractivity contribution < 1.29 is 14.4 Å². The molecular weight excluding hydrogens is 390 g/mol. The minimum atomic E-state index is -0.493. The van der Waals surface area contributed by atoms with Gasteiger partial charge in [-0.25, -0.2) is 0 Å². The second-order valence-electron chi connectivity index (χ2n) is 13.1. The molecule has 0 radical (unpaired) electrons. The highest BCUT2D eigenvalue weighted by Crippen LogP contribution is 2.49. The lowest BCUT2D eigenvalue weighted by Crippen LogP contribution is -2.48. The van der Waals surface area contributed by atoms with Crippen LogP contribution in [0.3, 0.4) is 0 Å². The maximum atomic E-state index is 13.0. The van der Waals surface area contributed by atoms with Gasteiger partial charge in [-0.15, -0.1) is 0 Å². The Balaban J connectivity index is 5.74. The Morgan fingerprint density at radius 2 is 0.806 bits per heavy atom. The lowest BCUT2D eigenvalue weighted by Gasteiger charge is -2.45. The topological polar surface area (TPSA) is 87.3 Å². The summed E-state index contributed by atoms with van der Waals surface area (Å²) in [5, 5.41) is 9.08. The molecule has 0 atom stereocenters. The molecule has 0 heterocycles. The van der Waals surface area contributed by atoms with Crippen molar-refractivity contribution in [3.8, 4) is 0 Å². The SMILES string of the molecule is CC(C)(C)NC(=O)CCC(CCC(=O)NC(C)(C)C)(CC(=O)NC(C)(C)C)C(C)(C)C. The van der Waals surface area contributed by atoms with Gasteiger partial charge in [0.1, 0.15) is 0 Å². The predicted molar refractivity (Wildman–Crippen MR) is 129 cm³/mol. The van der Waals surface area contributed by atoms with Crippen LogP contribution in [0, 0.1) is 10.8 Å². The highest BCUT2D eigenvalue weighted by Gasteiger charge is 2.44. The second kappa shape index (κ2) is 10.4. The van der Waals surface area contributed by atoms with Crippen LogP contribution in [0.15, 0.2) is 0 Å². The molecule has 0 aromatic carbocycles. The van der Waals surface area contributed by atoms with Gasteiger partial charge in [-0.1, -0.05) is 20.8 Å². The maximum absolute atomic E-state index is 13.0. The zero-order valence-corrected chi connectivity index (χ0v) is 22.3. The summed E-state index contributed by atoms with van der Waals surface area (Å²) in [7, 11) is 0. The van der Waals surface area contributed by atoms with Gasteiger partial charge in [0.2, 0.25) is 17.7 Å². The molecule has 3 amide bonds. The third-order valence-corrected chi connectivity index (χ3v) is 5.29. The normalized spacial score (nSPS) is 13.5. The number of carbonyl (C=O) groups is 3. The molecule has 0 aromatic rings. The molecule has 0 aliphatic rings. The van der Waals surface area contributed by atoms with Gasteiger partial charge in [0.05, 0.1) is 0 Å². The first-order valence-electron chi connectivity index (χ1n) is 11.5. The van der Waals surface area contributed by atoms with Crippen molar-refractivity contribution in [1.29, 1.82) is 0 Å². The number of rotatable bonds is 8. The molecule has 0 aliphatic carbocycles. The van der Waals surface area contributed by atoms with Crippen LogP contribution in [0.5, 0.6) is 0 Å². The molecule has 3 N–H and O–H groups in total. The van der Waals surface area contributed by atoms with Crippen molar-refractivity contribution in [3.63, 3.8) is 0 Å². The molecule has 6 nitrogen and oxygen atoms in total. The van der Waals surface area contributed by atoms with E-state index >= 15 is 0 Å². The zero-order valence-electron chi connectivity index (χ0n) is 22.3. The molecule has 0 saturated heterocycles. The van der Waals surface area contributed by atoms with Gasteiger partial charge in [0.25, 0.3) is 0 Å². The summed E-state index contributed by atoms with van der Waals surface area (Å²) in [5.41, 5.74) is -1.72. The summed E-state index contributed by atoms with van der Waals surface area (Å²) in [5.74, 6) is -0.108. The number of hydrogen-bond donors (Lipinski definition) is 3. The van der Waals surface area contributed by atoms with Crippen LogP contribution >= 0.6 is 0 Å². The van der Waals surface area contributed by atoms with Crippen LogP contribution in [0.4, 0.5) is 0 Å². The maximum Gasteiger partial charge on any atom is 0.220 e. The van der Waals surface area contributed by atoms with Gasteiger partial charge in [0, 0.05) is 35.9 Å². The third-order valence-electron chi connectivity index (χ3n) is 5.29. The molecule has 0 aromatic heterocycles. The van der Waals surface area contributed by atoms with Crippen molar-refractivity contribution in [2.45, 2.75) is 132 Å². The molecule has 0 rings (SSSR count). The molecule has 31 heavy (non-hydrogen) atoms. The molecule has 0 unspecified atom stereocenters. The molecular formula is C25H49N3O3. The van der Waals surface area contributed by atoms with Crippen molar-refractivity contribution in [2.24, 2.45) is 10.8 Å². The fourth-order valence-corrected chi connectivity index (χ4v) is 3.75.